The Kier molecular flexibility index (Phi) is 6.21. The quantitative estimate of drug-likeness (QED) is 0.729. The summed E-state index contributed by atoms with van der Waals surface area (Å²) < 4.78 is 5.78. The number of nitrogens with zero attached hydrogens (tertiary/aromatic N) is 1. The Labute approximate surface area is 170 Å². The van der Waals surface area contributed by atoms with Gasteiger partial charge in [0.1, 0.15) is 12.4 Å². The third-order valence-corrected chi connectivity index (χ3v) is 4.95. The highest BCUT2D eigenvalue weighted by Gasteiger charge is 2.22. The number of hydrogen-bond donors (Lipinski definition) is 1. The lowest BCUT2D eigenvalue weighted by molar-refractivity contribution is -0.117. The van der Waals surface area contributed by atoms with Gasteiger partial charge in [-0.2, -0.15) is 4.99 Å². The van der Waals surface area contributed by atoms with Gasteiger partial charge in [0.25, 0.3) is 5.91 Å². The van der Waals surface area contributed by atoms with Crippen LogP contribution in [0.25, 0.3) is 6.08 Å². The summed E-state index contributed by atoms with van der Waals surface area (Å²) in [5.41, 5.74) is 1.60. The first-order chi connectivity index (χ1) is 12.9. The van der Waals surface area contributed by atoms with Crippen molar-refractivity contribution in [3.8, 4) is 5.75 Å². The summed E-state index contributed by atoms with van der Waals surface area (Å²) in [5.74, 6) is -0.0246. The van der Waals surface area contributed by atoms with Crippen LogP contribution in [0.1, 0.15) is 18.1 Å². The van der Waals surface area contributed by atoms with Crippen molar-refractivity contribution >= 4 is 58.0 Å². The molecule has 0 radical (unpaired) electrons. The Bertz CT molecular complexity index is 973. The number of rotatable bonds is 4. The molecule has 0 aliphatic carbocycles. The molecule has 2 aromatic rings. The van der Waals surface area contributed by atoms with Crippen molar-refractivity contribution in [1.29, 1.82) is 0 Å². The molecule has 0 atom stereocenters. The van der Waals surface area contributed by atoms with Gasteiger partial charge in [0.15, 0.2) is 5.17 Å². The number of benzene rings is 2. The van der Waals surface area contributed by atoms with Gasteiger partial charge in [-0.15, -0.1) is 0 Å². The summed E-state index contributed by atoms with van der Waals surface area (Å²) in [4.78, 5) is 27.3. The molecule has 2 aromatic carbocycles. The van der Waals surface area contributed by atoms with Crippen LogP contribution >= 0.6 is 35.0 Å². The molecule has 0 spiro atoms. The molecule has 0 fully saturated rings. The van der Waals surface area contributed by atoms with E-state index in [9.17, 15) is 9.59 Å². The molecule has 1 heterocycles. The Morgan fingerprint density at radius 1 is 1.26 bits per heavy atom. The molecule has 1 N–H and O–H groups in total. The molecular formula is C19H14Cl2N2O3S. The zero-order valence-electron chi connectivity index (χ0n) is 14.2. The van der Waals surface area contributed by atoms with E-state index in [0.717, 1.165) is 22.9 Å². The molecule has 8 heteroatoms. The lowest BCUT2D eigenvalue weighted by Crippen LogP contribution is -2.23. The number of aliphatic imine (C=N–C) groups is 1. The summed E-state index contributed by atoms with van der Waals surface area (Å²) in [6.45, 7) is 1.66. The minimum Gasteiger partial charge on any atom is -0.489 e. The van der Waals surface area contributed by atoms with Gasteiger partial charge in [-0.3, -0.25) is 9.59 Å². The van der Waals surface area contributed by atoms with Crippen LogP contribution in [0.4, 0.5) is 0 Å². The number of amidine groups is 1. The second kappa shape index (κ2) is 8.61. The van der Waals surface area contributed by atoms with Crippen LogP contribution in [-0.4, -0.2) is 17.0 Å². The lowest BCUT2D eigenvalue weighted by atomic mass is 10.2. The number of ether oxygens (including phenoxy) is 1. The topological polar surface area (TPSA) is 67.8 Å². The number of carbonyl (C=O) groups excluding carboxylic acids is 2. The fourth-order valence-corrected chi connectivity index (χ4v) is 3.58. The first-order valence-electron chi connectivity index (χ1n) is 7.87. The SMILES string of the molecule is CC(=O)NC1=NC(=O)/C(=C\c2cccc(OCc3ccc(Cl)cc3Cl)c2)S1. The van der Waals surface area contributed by atoms with Gasteiger partial charge in [0.05, 0.1) is 4.91 Å². The molecule has 0 saturated heterocycles. The largest absolute Gasteiger partial charge is 0.489 e. The van der Waals surface area contributed by atoms with Gasteiger partial charge in [0.2, 0.25) is 5.91 Å². The number of halogens is 2. The number of nitrogens with one attached hydrogen (secondary N) is 1. The summed E-state index contributed by atoms with van der Waals surface area (Å²) in [7, 11) is 0. The van der Waals surface area contributed by atoms with E-state index in [0.29, 0.717) is 27.3 Å². The van der Waals surface area contributed by atoms with Crippen molar-refractivity contribution in [3.05, 3.63) is 68.5 Å². The molecule has 1 aliphatic heterocycles. The van der Waals surface area contributed by atoms with Crippen molar-refractivity contribution in [1.82, 2.24) is 5.32 Å². The lowest BCUT2D eigenvalue weighted by Gasteiger charge is -2.09. The number of amides is 2. The summed E-state index contributed by atoms with van der Waals surface area (Å²) in [5, 5.41) is 3.90. The molecule has 2 amide bonds. The van der Waals surface area contributed by atoms with E-state index in [1.165, 1.54) is 6.92 Å². The Morgan fingerprint density at radius 3 is 2.81 bits per heavy atom. The maximum Gasteiger partial charge on any atom is 0.286 e. The molecule has 138 valence electrons. The van der Waals surface area contributed by atoms with E-state index in [2.05, 4.69) is 10.3 Å². The summed E-state index contributed by atoms with van der Waals surface area (Å²) in [6, 6.07) is 12.5. The Morgan fingerprint density at radius 2 is 2.07 bits per heavy atom. The van der Waals surface area contributed by atoms with E-state index in [1.807, 2.05) is 24.3 Å². The highest BCUT2D eigenvalue weighted by molar-refractivity contribution is 8.18. The van der Waals surface area contributed by atoms with Gasteiger partial charge < -0.3 is 10.1 Å². The van der Waals surface area contributed by atoms with Crippen LogP contribution in [0.2, 0.25) is 10.0 Å². The Balaban J connectivity index is 1.69. The standard InChI is InChI=1S/C19H14Cl2N2O3S/c1-11(24)22-19-23-18(25)17(27-19)8-12-3-2-4-15(7-12)26-10-13-5-6-14(20)9-16(13)21/h2-9H,10H2,1H3,(H,22,23,24,25)/b17-8+. The van der Waals surface area contributed by atoms with Gasteiger partial charge in [0, 0.05) is 22.5 Å². The first kappa shape index (κ1) is 19.5. The fourth-order valence-electron chi connectivity index (χ4n) is 2.26. The number of thioether (sulfide) groups is 1. The maximum atomic E-state index is 11.9. The van der Waals surface area contributed by atoms with Gasteiger partial charge in [-0.1, -0.05) is 41.4 Å². The summed E-state index contributed by atoms with van der Waals surface area (Å²) in [6.07, 6.45) is 1.70. The van der Waals surface area contributed by atoms with E-state index in [1.54, 1.807) is 24.3 Å². The molecule has 3 rings (SSSR count). The van der Waals surface area contributed by atoms with Crippen LogP contribution in [0.15, 0.2) is 52.4 Å². The van der Waals surface area contributed by atoms with Crippen molar-refractivity contribution in [2.45, 2.75) is 13.5 Å². The second-order valence-electron chi connectivity index (χ2n) is 5.61. The van der Waals surface area contributed by atoms with Crippen LogP contribution in [0.3, 0.4) is 0 Å². The van der Waals surface area contributed by atoms with Crippen LogP contribution in [0.5, 0.6) is 5.75 Å². The van der Waals surface area contributed by atoms with Gasteiger partial charge >= 0.3 is 0 Å². The Hall–Kier alpha value is -2.28. The van der Waals surface area contributed by atoms with Crippen molar-refractivity contribution in [3.63, 3.8) is 0 Å². The second-order valence-corrected chi connectivity index (χ2v) is 7.49. The van der Waals surface area contributed by atoms with Crippen LogP contribution < -0.4 is 10.1 Å². The zero-order valence-corrected chi connectivity index (χ0v) is 16.5. The minimum atomic E-state index is -0.386. The molecule has 0 bridgehead atoms. The maximum absolute atomic E-state index is 11.9. The molecule has 5 nitrogen and oxygen atoms in total. The molecule has 27 heavy (non-hydrogen) atoms. The van der Waals surface area contributed by atoms with Gasteiger partial charge in [-0.05, 0) is 47.7 Å². The van der Waals surface area contributed by atoms with E-state index in [-0.39, 0.29) is 17.0 Å². The molecule has 0 unspecified atom stereocenters. The smallest absolute Gasteiger partial charge is 0.286 e. The summed E-state index contributed by atoms with van der Waals surface area (Å²) >= 11 is 13.2. The molecular weight excluding hydrogens is 407 g/mol. The molecule has 0 aromatic heterocycles. The predicted molar refractivity (Wildman–Crippen MR) is 109 cm³/mol. The highest BCUT2D eigenvalue weighted by Crippen LogP contribution is 2.29. The van der Waals surface area contributed by atoms with Crippen molar-refractivity contribution in [2.24, 2.45) is 4.99 Å². The average molecular weight is 421 g/mol. The van der Waals surface area contributed by atoms with Crippen molar-refractivity contribution < 1.29 is 14.3 Å². The van der Waals surface area contributed by atoms with E-state index in [4.69, 9.17) is 27.9 Å². The average Bonchev–Trinajstić information content (AvgIpc) is 2.93. The molecule has 0 saturated carbocycles. The highest BCUT2D eigenvalue weighted by atomic mass is 35.5. The predicted octanol–water partition coefficient (Wildman–Crippen LogP) is 4.68. The van der Waals surface area contributed by atoms with Crippen LogP contribution in [0, 0.1) is 0 Å². The van der Waals surface area contributed by atoms with E-state index >= 15 is 0 Å². The van der Waals surface area contributed by atoms with E-state index < -0.39 is 0 Å². The number of hydrogen-bond acceptors (Lipinski definition) is 4. The van der Waals surface area contributed by atoms with Crippen LogP contribution in [-0.2, 0) is 16.2 Å². The monoisotopic (exact) mass is 420 g/mol. The molecule has 1 aliphatic rings. The number of carbonyl (C=O) groups is 2. The first-order valence-corrected chi connectivity index (χ1v) is 9.45. The minimum absolute atomic E-state index is 0.272. The van der Waals surface area contributed by atoms with Gasteiger partial charge in [-0.25, -0.2) is 0 Å². The third kappa shape index (κ3) is 5.35. The van der Waals surface area contributed by atoms with Crippen molar-refractivity contribution in [2.75, 3.05) is 0 Å². The zero-order chi connectivity index (χ0) is 19.4. The third-order valence-electron chi connectivity index (χ3n) is 3.47. The fraction of sp³-hybridized carbons (Fsp3) is 0.105. The normalized spacial score (nSPS) is 15.0.